The monoisotopic (exact) mass is 197 g/mol. The van der Waals surface area contributed by atoms with E-state index in [4.69, 9.17) is 0 Å². The average molecular weight is 197 g/mol. The molecule has 2 heterocycles. The molecule has 0 aromatic rings. The summed E-state index contributed by atoms with van der Waals surface area (Å²) in [5.41, 5.74) is 0. The molecule has 4 heteroatoms. The van der Waals surface area contributed by atoms with E-state index in [1.54, 1.807) is 0 Å². The van der Waals surface area contributed by atoms with Gasteiger partial charge in [-0.1, -0.05) is 0 Å². The molecular formula is C10H19N3O. The minimum atomic E-state index is 0.196. The van der Waals surface area contributed by atoms with Crippen molar-refractivity contribution >= 4 is 5.91 Å². The predicted molar refractivity (Wildman–Crippen MR) is 55.1 cm³/mol. The van der Waals surface area contributed by atoms with E-state index in [-0.39, 0.29) is 5.91 Å². The van der Waals surface area contributed by atoms with Crippen LogP contribution in [0.3, 0.4) is 0 Å². The number of amides is 1. The van der Waals surface area contributed by atoms with E-state index < -0.39 is 0 Å². The highest BCUT2D eigenvalue weighted by atomic mass is 16.1. The third-order valence-electron chi connectivity index (χ3n) is 3.08. The summed E-state index contributed by atoms with van der Waals surface area (Å²) in [7, 11) is 0. The van der Waals surface area contributed by atoms with E-state index in [2.05, 4.69) is 16.0 Å². The fourth-order valence-corrected chi connectivity index (χ4v) is 2.15. The summed E-state index contributed by atoms with van der Waals surface area (Å²) in [4.78, 5) is 10.9. The molecule has 0 saturated carbocycles. The van der Waals surface area contributed by atoms with Gasteiger partial charge in [0.25, 0.3) is 0 Å². The van der Waals surface area contributed by atoms with Gasteiger partial charge in [-0.05, 0) is 25.8 Å². The lowest BCUT2D eigenvalue weighted by atomic mass is 10.1. The number of rotatable bonds is 3. The van der Waals surface area contributed by atoms with Gasteiger partial charge in [-0.15, -0.1) is 0 Å². The lowest BCUT2D eigenvalue weighted by molar-refractivity contribution is -0.122. The topological polar surface area (TPSA) is 53.2 Å². The van der Waals surface area contributed by atoms with Crippen molar-refractivity contribution in [1.82, 2.24) is 16.0 Å². The number of carbonyl (C=O) groups is 1. The van der Waals surface area contributed by atoms with Crippen molar-refractivity contribution in [3.05, 3.63) is 0 Å². The first-order chi connectivity index (χ1) is 6.84. The number of hydrogen-bond acceptors (Lipinski definition) is 3. The van der Waals surface area contributed by atoms with E-state index in [1.165, 1.54) is 12.8 Å². The second-order valence-corrected chi connectivity index (χ2v) is 4.24. The number of nitrogens with one attached hydrogen (secondary N) is 3. The van der Waals surface area contributed by atoms with Crippen molar-refractivity contribution in [2.75, 3.05) is 19.6 Å². The number of carbonyl (C=O) groups excluding carboxylic acids is 1. The molecule has 1 amide bonds. The molecule has 0 radical (unpaired) electrons. The van der Waals surface area contributed by atoms with Crippen LogP contribution in [0.15, 0.2) is 0 Å². The maximum Gasteiger partial charge on any atom is 0.220 e. The van der Waals surface area contributed by atoms with Crippen LogP contribution < -0.4 is 16.0 Å². The van der Waals surface area contributed by atoms with Crippen molar-refractivity contribution in [3.8, 4) is 0 Å². The molecule has 0 aliphatic carbocycles. The first-order valence-electron chi connectivity index (χ1n) is 5.58. The van der Waals surface area contributed by atoms with Crippen LogP contribution in [0.25, 0.3) is 0 Å². The van der Waals surface area contributed by atoms with Crippen molar-refractivity contribution in [2.24, 2.45) is 0 Å². The molecule has 2 aliphatic heterocycles. The normalized spacial score (nSPS) is 33.0. The van der Waals surface area contributed by atoms with Crippen molar-refractivity contribution in [2.45, 2.75) is 37.8 Å². The third-order valence-corrected chi connectivity index (χ3v) is 3.08. The van der Waals surface area contributed by atoms with Crippen LogP contribution in [0.5, 0.6) is 0 Å². The smallest absolute Gasteiger partial charge is 0.220 e. The maximum absolute atomic E-state index is 10.9. The van der Waals surface area contributed by atoms with E-state index in [9.17, 15) is 4.79 Å². The summed E-state index contributed by atoms with van der Waals surface area (Å²) >= 11 is 0. The van der Waals surface area contributed by atoms with E-state index >= 15 is 0 Å². The predicted octanol–water partition coefficient (Wildman–Crippen LogP) is -0.393. The van der Waals surface area contributed by atoms with Crippen molar-refractivity contribution in [3.63, 3.8) is 0 Å². The Kier molecular flexibility index (Phi) is 3.37. The van der Waals surface area contributed by atoms with Gasteiger partial charge in [0.05, 0.1) is 0 Å². The first kappa shape index (κ1) is 9.93. The molecule has 0 aromatic carbocycles. The summed E-state index contributed by atoms with van der Waals surface area (Å²) in [6.07, 6.45) is 4.24. The Morgan fingerprint density at radius 2 is 2.36 bits per heavy atom. The summed E-state index contributed by atoms with van der Waals surface area (Å²) in [6.45, 7) is 3.00. The second-order valence-electron chi connectivity index (χ2n) is 4.24. The Hall–Kier alpha value is -0.610. The molecule has 0 bridgehead atoms. The first-order valence-corrected chi connectivity index (χ1v) is 5.58. The quantitative estimate of drug-likeness (QED) is 0.577. The molecule has 14 heavy (non-hydrogen) atoms. The fourth-order valence-electron chi connectivity index (χ4n) is 2.15. The minimum Gasteiger partial charge on any atom is -0.355 e. The van der Waals surface area contributed by atoms with Gasteiger partial charge in [-0.25, -0.2) is 0 Å². The standard InChI is InChI=1S/C10H19N3O/c14-10-4-3-9(7-13-10)12-6-8-2-1-5-11-8/h8-9,11-12H,1-7H2,(H,13,14). The van der Waals surface area contributed by atoms with Gasteiger partial charge >= 0.3 is 0 Å². The summed E-state index contributed by atoms with van der Waals surface area (Å²) in [5, 5.41) is 9.85. The van der Waals surface area contributed by atoms with Crippen LogP contribution in [-0.4, -0.2) is 37.6 Å². The van der Waals surface area contributed by atoms with Gasteiger partial charge in [-0.2, -0.15) is 0 Å². The highest BCUT2D eigenvalue weighted by Gasteiger charge is 2.19. The molecule has 0 spiro atoms. The van der Waals surface area contributed by atoms with Crippen LogP contribution in [0.1, 0.15) is 25.7 Å². The summed E-state index contributed by atoms with van der Waals surface area (Å²) in [6, 6.07) is 1.13. The summed E-state index contributed by atoms with van der Waals surface area (Å²) in [5.74, 6) is 0.196. The van der Waals surface area contributed by atoms with E-state index in [0.717, 1.165) is 26.1 Å². The van der Waals surface area contributed by atoms with Crippen LogP contribution in [0.2, 0.25) is 0 Å². The highest BCUT2D eigenvalue weighted by molar-refractivity contribution is 5.76. The average Bonchev–Trinajstić information content (AvgIpc) is 2.70. The Labute approximate surface area is 84.8 Å². The zero-order chi connectivity index (χ0) is 9.80. The van der Waals surface area contributed by atoms with Gasteiger partial charge in [0.15, 0.2) is 0 Å². The molecule has 2 rings (SSSR count). The van der Waals surface area contributed by atoms with Crippen molar-refractivity contribution < 1.29 is 4.79 Å². The third kappa shape index (κ3) is 2.69. The maximum atomic E-state index is 10.9. The molecule has 2 aliphatic rings. The Morgan fingerprint density at radius 3 is 3.00 bits per heavy atom. The molecule has 4 nitrogen and oxygen atoms in total. The molecule has 2 saturated heterocycles. The number of piperidine rings is 1. The molecule has 0 aromatic heterocycles. The van der Waals surface area contributed by atoms with E-state index in [0.29, 0.717) is 18.5 Å². The largest absolute Gasteiger partial charge is 0.355 e. The van der Waals surface area contributed by atoms with Crippen LogP contribution >= 0.6 is 0 Å². The summed E-state index contributed by atoms with van der Waals surface area (Å²) < 4.78 is 0. The van der Waals surface area contributed by atoms with Crippen LogP contribution in [0, 0.1) is 0 Å². The SMILES string of the molecule is O=C1CCC(NCC2CCCN2)CN1. The Bertz CT molecular complexity index is 192. The molecular weight excluding hydrogens is 178 g/mol. The zero-order valence-corrected chi connectivity index (χ0v) is 8.51. The lowest BCUT2D eigenvalue weighted by Crippen LogP contribution is -2.48. The minimum absolute atomic E-state index is 0.196. The molecule has 2 unspecified atom stereocenters. The Balaban J connectivity index is 1.63. The van der Waals surface area contributed by atoms with Gasteiger partial charge in [0.1, 0.15) is 0 Å². The lowest BCUT2D eigenvalue weighted by Gasteiger charge is -2.25. The fraction of sp³-hybridized carbons (Fsp3) is 0.900. The van der Waals surface area contributed by atoms with Gasteiger partial charge in [-0.3, -0.25) is 4.79 Å². The van der Waals surface area contributed by atoms with Crippen LogP contribution in [0.4, 0.5) is 0 Å². The highest BCUT2D eigenvalue weighted by Crippen LogP contribution is 2.06. The zero-order valence-electron chi connectivity index (χ0n) is 8.51. The Morgan fingerprint density at radius 1 is 1.43 bits per heavy atom. The molecule has 3 N–H and O–H groups in total. The molecule has 80 valence electrons. The molecule has 2 atom stereocenters. The van der Waals surface area contributed by atoms with Crippen LogP contribution in [-0.2, 0) is 4.79 Å². The van der Waals surface area contributed by atoms with E-state index in [1.807, 2.05) is 0 Å². The van der Waals surface area contributed by atoms with Gasteiger partial charge < -0.3 is 16.0 Å². The van der Waals surface area contributed by atoms with Gasteiger partial charge in [0, 0.05) is 31.6 Å². The second kappa shape index (κ2) is 4.75. The van der Waals surface area contributed by atoms with Gasteiger partial charge in [0.2, 0.25) is 5.91 Å². The molecule has 2 fully saturated rings. The van der Waals surface area contributed by atoms with Crippen molar-refractivity contribution in [1.29, 1.82) is 0 Å². The number of hydrogen-bond donors (Lipinski definition) is 3.